The first-order valence-corrected chi connectivity index (χ1v) is 11.0. The minimum absolute atomic E-state index is 0.0158. The number of hydrogen-bond acceptors (Lipinski definition) is 3. The highest BCUT2D eigenvalue weighted by Crippen LogP contribution is 2.33. The largest absolute Gasteiger partial charge is 0.342 e. The lowest BCUT2D eigenvalue weighted by atomic mass is 9.92. The van der Waals surface area contributed by atoms with Gasteiger partial charge in [0.05, 0.1) is 18.2 Å². The number of benzene rings is 1. The first-order chi connectivity index (χ1) is 14.3. The fraction of sp³-hybridized carbons (Fsp3) is 0.542. The Morgan fingerprint density at radius 2 is 1.83 bits per heavy atom. The highest BCUT2D eigenvalue weighted by atomic mass is 16.2. The van der Waals surface area contributed by atoms with Crippen LogP contribution in [0.2, 0.25) is 0 Å². The lowest BCUT2D eigenvalue weighted by molar-refractivity contribution is -0.135. The number of nitrogens with one attached hydrogen (secondary N) is 1. The molecule has 0 radical (unpaired) electrons. The van der Waals surface area contributed by atoms with Gasteiger partial charge in [-0.25, -0.2) is 4.68 Å². The Bertz CT molecular complexity index is 909. The fourth-order valence-electron chi connectivity index (χ4n) is 3.97. The molecule has 2 aromatic rings. The van der Waals surface area contributed by atoms with Gasteiger partial charge in [-0.05, 0) is 31.2 Å². The number of hydrogen-bond donors (Lipinski definition) is 1. The summed E-state index contributed by atoms with van der Waals surface area (Å²) in [5.74, 6) is 0.974. The molecule has 2 aliphatic rings. The van der Waals surface area contributed by atoms with Gasteiger partial charge in [0.15, 0.2) is 0 Å². The Labute approximate surface area is 178 Å². The number of amides is 2. The van der Waals surface area contributed by atoms with Crippen LogP contribution in [0, 0.1) is 11.8 Å². The first kappa shape index (κ1) is 20.6. The van der Waals surface area contributed by atoms with Crippen molar-refractivity contribution < 1.29 is 9.59 Å². The number of nitrogens with zero attached hydrogens (tertiary/aromatic N) is 3. The molecule has 160 valence electrons. The minimum Gasteiger partial charge on any atom is -0.342 e. The number of piperidine rings is 1. The molecule has 1 saturated heterocycles. The maximum atomic E-state index is 13.1. The summed E-state index contributed by atoms with van der Waals surface area (Å²) in [5, 5.41) is 7.91. The van der Waals surface area contributed by atoms with Crippen molar-refractivity contribution in [2.75, 3.05) is 18.4 Å². The van der Waals surface area contributed by atoms with Crippen molar-refractivity contribution in [3.63, 3.8) is 0 Å². The molecule has 6 nitrogen and oxygen atoms in total. The summed E-state index contributed by atoms with van der Waals surface area (Å²) in [7, 11) is 0. The lowest BCUT2D eigenvalue weighted by Crippen LogP contribution is -2.44. The van der Waals surface area contributed by atoms with Crippen molar-refractivity contribution >= 4 is 17.6 Å². The van der Waals surface area contributed by atoms with Crippen LogP contribution >= 0.6 is 0 Å². The average molecular weight is 409 g/mol. The molecular formula is C24H32N4O2. The summed E-state index contributed by atoms with van der Waals surface area (Å²) < 4.78 is 1.88. The zero-order chi connectivity index (χ0) is 21.3. The summed E-state index contributed by atoms with van der Waals surface area (Å²) in [5.41, 5.74) is 1.97. The van der Waals surface area contributed by atoms with Gasteiger partial charge in [0.25, 0.3) is 0 Å². The maximum Gasteiger partial charge on any atom is 0.230 e. The summed E-state index contributed by atoms with van der Waals surface area (Å²) in [4.78, 5) is 27.4. The van der Waals surface area contributed by atoms with Crippen LogP contribution in [0.4, 0.5) is 5.82 Å². The monoisotopic (exact) mass is 408 g/mol. The molecule has 1 aromatic heterocycles. The molecular weight excluding hydrogens is 376 g/mol. The van der Waals surface area contributed by atoms with Crippen molar-refractivity contribution in [2.45, 2.75) is 58.4 Å². The van der Waals surface area contributed by atoms with E-state index >= 15 is 0 Å². The number of likely N-dealkylation sites (tertiary alicyclic amines) is 1. The van der Waals surface area contributed by atoms with E-state index in [9.17, 15) is 9.59 Å². The highest BCUT2D eigenvalue weighted by Gasteiger charge is 2.37. The molecule has 1 atom stereocenters. The van der Waals surface area contributed by atoms with Gasteiger partial charge in [-0.3, -0.25) is 9.59 Å². The van der Waals surface area contributed by atoms with Gasteiger partial charge in [0, 0.05) is 30.5 Å². The van der Waals surface area contributed by atoms with Crippen molar-refractivity contribution in [1.82, 2.24) is 14.7 Å². The molecule has 1 unspecified atom stereocenters. The molecule has 1 aromatic carbocycles. The third kappa shape index (κ3) is 4.74. The van der Waals surface area contributed by atoms with Crippen LogP contribution in [0.25, 0.3) is 0 Å². The van der Waals surface area contributed by atoms with Gasteiger partial charge >= 0.3 is 0 Å². The number of carbonyl (C=O) groups excluding carboxylic acids is 2. The van der Waals surface area contributed by atoms with E-state index in [-0.39, 0.29) is 29.1 Å². The number of carbonyl (C=O) groups is 2. The quantitative estimate of drug-likeness (QED) is 0.818. The topological polar surface area (TPSA) is 67.2 Å². The van der Waals surface area contributed by atoms with Crippen molar-refractivity contribution in [2.24, 2.45) is 11.8 Å². The molecule has 1 N–H and O–H groups in total. The van der Waals surface area contributed by atoms with Gasteiger partial charge in [0.1, 0.15) is 5.82 Å². The van der Waals surface area contributed by atoms with Gasteiger partial charge in [-0.15, -0.1) is 0 Å². The highest BCUT2D eigenvalue weighted by molar-refractivity contribution is 5.92. The van der Waals surface area contributed by atoms with E-state index in [1.807, 2.05) is 33.8 Å². The third-order valence-electron chi connectivity index (χ3n) is 6.01. The second-order valence-corrected chi connectivity index (χ2v) is 9.69. The molecule has 1 aliphatic carbocycles. The zero-order valence-electron chi connectivity index (χ0n) is 18.2. The molecule has 0 spiro atoms. The third-order valence-corrected chi connectivity index (χ3v) is 6.01. The first-order valence-electron chi connectivity index (χ1n) is 11.0. The Morgan fingerprint density at radius 1 is 1.10 bits per heavy atom. The Hall–Kier alpha value is -2.63. The Morgan fingerprint density at radius 3 is 2.50 bits per heavy atom. The second-order valence-electron chi connectivity index (χ2n) is 9.69. The van der Waals surface area contributed by atoms with E-state index in [2.05, 4.69) is 38.2 Å². The minimum atomic E-state index is -0.167. The van der Waals surface area contributed by atoms with E-state index in [1.54, 1.807) is 0 Å². The summed E-state index contributed by atoms with van der Waals surface area (Å²) in [6, 6.07) is 12.1. The van der Waals surface area contributed by atoms with E-state index in [0.717, 1.165) is 49.3 Å². The Kier molecular flexibility index (Phi) is 5.67. The predicted octanol–water partition coefficient (Wildman–Crippen LogP) is 3.82. The van der Waals surface area contributed by atoms with Gasteiger partial charge in [-0.1, -0.05) is 51.1 Å². The Balaban J connectivity index is 1.50. The average Bonchev–Trinajstić information content (AvgIpc) is 3.50. The van der Waals surface area contributed by atoms with E-state index in [4.69, 9.17) is 5.10 Å². The van der Waals surface area contributed by atoms with Crippen LogP contribution in [0.15, 0.2) is 36.4 Å². The fourth-order valence-corrected chi connectivity index (χ4v) is 3.97. The summed E-state index contributed by atoms with van der Waals surface area (Å²) >= 11 is 0. The maximum absolute atomic E-state index is 13.1. The van der Waals surface area contributed by atoms with Crippen LogP contribution in [-0.4, -0.2) is 39.6 Å². The summed E-state index contributed by atoms with van der Waals surface area (Å²) in [6.45, 7) is 8.27. The van der Waals surface area contributed by atoms with Crippen molar-refractivity contribution in [3.8, 4) is 0 Å². The smallest absolute Gasteiger partial charge is 0.230 e. The van der Waals surface area contributed by atoms with Gasteiger partial charge in [-0.2, -0.15) is 5.10 Å². The summed E-state index contributed by atoms with van der Waals surface area (Å²) in [6.07, 6.45) is 3.70. The SMILES string of the molecule is CC(C)(C)c1cc(NC(=O)C2CCCN(C(=O)C3CC3)C2)n(Cc2ccccc2)n1. The molecule has 4 rings (SSSR count). The zero-order valence-corrected chi connectivity index (χ0v) is 18.2. The van der Waals surface area contributed by atoms with E-state index < -0.39 is 0 Å². The van der Waals surface area contributed by atoms with Crippen molar-refractivity contribution in [3.05, 3.63) is 47.7 Å². The molecule has 2 fully saturated rings. The normalized spacial score (nSPS) is 19.6. The molecule has 1 aliphatic heterocycles. The molecule has 2 heterocycles. The standard InChI is InChI=1S/C24H32N4O2/c1-24(2,3)20-14-21(28(26-20)15-17-8-5-4-6-9-17)25-22(29)19-10-7-13-27(16-19)23(30)18-11-12-18/h4-6,8-9,14,18-19H,7,10-13,15-16H2,1-3H3,(H,25,29). The molecule has 30 heavy (non-hydrogen) atoms. The van der Waals surface area contributed by atoms with Crippen LogP contribution in [-0.2, 0) is 21.5 Å². The number of anilines is 1. The van der Waals surface area contributed by atoms with E-state index in [0.29, 0.717) is 13.1 Å². The van der Waals surface area contributed by atoms with Gasteiger partial charge in [0.2, 0.25) is 11.8 Å². The molecule has 1 saturated carbocycles. The second kappa shape index (κ2) is 8.25. The van der Waals surface area contributed by atoms with Crippen LogP contribution in [0.5, 0.6) is 0 Å². The predicted molar refractivity (Wildman–Crippen MR) is 117 cm³/mol. The van der Waals surface area contributed by atoms with Crippen LogP contribution in [0.1, 0.15) is 57.7 Å². The van der Waals surface area contributed by atoms with E-state index in [1.165, 1.54) is 0 Å². The van der Waals surface area contributed by atoms with Crippen LogP contribution in [0.3, 0.4) is 0 Å². The number of rotatable bonds is 5. The number of aromatic nitrogens is 2. The van der Waals surface area contributed by atoms with Gasteiger partial charge < -0.3 is 10.2 Å². The molecule has 2 amide bonds. The molecule has 0 bridgehead atoms. The molecule has 6 heteroatoms. The lowest BCUT2D eigenvalue weighted by Gasteiger charge is -2.32. The van der Waals surface area contributed by atoms with Crippen LogP contribution < -0.4 is 5.32 Å². The van der Waals surface area contributed by atoms with Crippen molar-refractivity contribution in [1.29, 1.82) is 0 Å².